The molecule has 0 bridgehead atoms. The Hall–Kier alpha value is -2.91. The second-order valence-electron chi connectivity index (χ2n) is 5.63. The van der Waals surface area contributed by atoms with Gasteiger partial charge in [0.1, 0.15) is 10.7 Å². The summed E-state index contributed by atoms with van der Waals surface area (Å²) < 4.78 is 6.69. The van der Waals surface area contributed by atoms with Gasteiger partial charge in [-0.2, -0.15) is 4.98 Å². The minimum absolute atomic E-state index is 0.0154. The van der Waals surface area contributed by atoms with Crippen LogP contribution in [-0.2, 0) is 11.8 Å². The number of hydrogen-bond acceptors (Lipinski definition) is 7. The van der Waals surface area contributed by atoms with Gasteiger partial charge in [-0.05, 0) is 30.7 Å². The van der Waals surface area contributed by atoms with Crippen molar-refractivity contribution in [2.45, 2.75) is 13.0 Å². The van der Waals surface area contributed by atoms with Gasteiger partial charge in [0.05, 0.1) is 18.1 Å². The monoisotopic (exact) mass is 408 g/mol. The van der Waals surface area contributed by atoms with Gasteiger partial charge >= 0.3 is 0 Å². The Morgan fingerprint density at radius 3 is 2.74 bits per heavy atom. The minimum atomic E-state index is -0.952. The lowest BCUT2D eigenvalue weighted by atomic mass is 10.2. The number of carbonyl (C=O) groups is 1. The third-order valence-electron chi connectivity index (χ3n) is 3.70. The minimum Gasteiger partial charge on any atom is -0.475 e. The first-order valence-corrected chi connectivity index (χ1v) is 8.42. The average molecular weight is 409 g/mol. The zero-order valence-corrected chi connectivity index (χ0v) is 15.7. The van der Waals surface area contributed by atoms with Crippen molar-refractivity contribution in [3.63, 3.8) is 0 Å². The van der Waals surface area contributed by atoms with Crippen molar-refractivity contribution in [2.24, 2.45) is 12.8 Å². The number of amides is 1. The summed E-state index contributed by atoms with van der Waals surface area (Å²) in [4.78, 5) is 35.7. The topological polar surface area (TPSA) is 125 Å². The smallest absolute Gasteiger partial charge is 0.294 e. The number of pyridine rings is 2. The molecule has 0 radical (unpaired) electrons. The molecule has 0 fully saturated rings. The van der Waals surface area contributed by atoms with E-state index in [2.05, 4.69) is 20.3 Å². The Balaban J connectivity index is 2.03. The van der Waals surface area contributed by atoms with Crippen LogP contribution in [0.3, 0.4) is 0 Å². The Kier molecular flexibility index (Phi) is 5.15. The van der Waals surface area contributed by atoms with E-state index in [4.69, 9.17) is 33.7 Å². The second kappa shape index (κ2) is 7.37. The summed E-state index contributed by atoms with van der Waals surface area (Å²) in [5.41, 5.74) is 5.73. The van der Waals surface area contributed by atoms with Crippen LogP contribution in [0.4, 0.5) is 11.5 Å². The fourth-order valence-corrected chi connectivity index (χ4v) is 2.57. The number of nitrogens with zero attached hydrogens (tertiary/aromatic N) is 4. The lowest BCUT2D eigenvalue weighted by molar-refractivity contribution is -0.124. The number of halogens is 2. The number of anilines is 2. The molecule has 0 aromatic carbocycles. The van der Waals surface area contributed by atoms with Gasteiger partial charge in [0.2, 0.25) is 5.28 Å². The largest absolute Gasteiger partial charge is 0.475 e. The van der Waals surface area contributed by atoms with E-state index in [1.807, 2.05) is 0 Å². The molecule has 3 heterocycles. The van der Waals surface area contributed by atoms with Crippen molar-refractivity contribution >= 4 is 51.6 Å². The van der Waals surface area contributed by atoms with Gasteiger partial charge in [-0.15, -0.1) is 0 Å². The number of nitrogens with two attached hydrogens (primary N) is 1. The maximum Gasteiger partial charge on any atom is 0.294 e. The van der Waals surface area contributed by atoms with Crippen LogP contribution in [0.2, 0.25) is 10.3 Å². The standard InChI is InChI=1S/C16H14Cl2N6O3/c1-7(12(19)25)27-11-4-8-3-9(5-20-14(8)24(2)15(11)26)22-13-10(17)6-21-16(18)23-13/h3-7H,1-2H3,(H2,19,25)(H,21,22,23). The Bertz CT molecular complexity index is 1100. The molecule has 0 saturated carbocycles. The molecule has 0 aliphatic heterocycles. The average Bonchev–Trinajstić information content (AvgIpc) is 2.62. The molecule has 1 unspecified atom stereocenters. The first-order valence-electron chi connectivity index (χ1n) is 7.67. The fraction of sp³-hybridized carbons (Fsp3) is 0.188. The molecule has 3 aromatic heterocycles. The number of fused-ring (bicyclic) bond motifs is 1. The lowest BCUT2D eigenvalue weighted by Crippen LogP contribution is -2.33. The van der Waals surface area contributed by atoms with Crippen molar-refractivity contribution in [3.05, 3.63) is 45.2 Å². The lowest BCUT2D eigenvalue weighted by Gasteiger charge is -2.14. The molecule has 1 amide bonds. The number of primary amides is 1. The van der Waals surface area contributed by atoms with Gasteiger partial charge in [0.15, 0.2) is 17.7 Å². The van der Waals surface area contributed by atoms with E-state index < -0.39 is 17.6 Å². The Morgan fingerprint density at radius 1 is 1.30 bits per heavy atom. The number of carbonyl (C=O) groups excluding carboxylic acids is 1. The van der Waals surface area contributed by atoms with E-state index in [-0.39, 0.29) is 16.1 Å². The van der Waals surface area contributed by atoms with Crippen LogP contribution in [0.5, 0.6) is 5.75 Å². The van der Waals surface area contributed by atoms with Crippen LogP contribution < -0.4 is 21.3 Å². The van der Waals surface area contributed by atoms with Crippen molar-refractivity contribution in [1.29, 1.82) is 0 Å². The highest BCUT2D eigenvalue weighted by Gasteiger charge is 2.16. The molecule has 0 saturated heterocycles. The summed E-state index contributed by atoms with van der Waals surface area (Å²) >= 11 is 11.8. The summed E-state index contributed by atoms with van der Waals surface area (Å²) in [6, 6.07) is 3.21. The molecule has 27 heavy (non-hydrogen) atoms. The maximum atomic E-state index is 12.4. The quantitative estimate of drug-likeness (QED) is 0.618. The van der Waals surface area contributed by atoms with Gasteiger partial charge in [-0.1, -0.05) is 11.6 Å². The van der Waals surface area contributed by atoms with Gasteiger partial charge in [-0.25, -0.2) is 9.97 Å². The van der Waals surface area contributed by atoms with Crippen LogP contribution >= 0.6 is 23.2 Å². The zero-order chi connectivity index (χ0) is 19.7. The highest BCUT2D eigenvalue weighted by atomic mass is 35.5. The number of hydrogen-bond donors (Lipinski definition) is 2. The molecule has 3 N–H and O–H groups in total. The number of rotatable bonds is 5. The number of aromatic nitrogens is 4. The third-order valence-corrected chi connectivity index (χ3v) is 4.16. The van der Waals surface area contributed by atoms with Crippen molar-refractivity contribution in [1.82, 2.24) is 19.5 Å². The van der Waals surface area contributed by atoms with Crippen LogP contribution in [0.15, 0.2) is 29.3 Å². The summed E-state index contributed by atoms with van der Waals surface area (Å²) in [5, 5.41) is 3.89. The highest BCUT2D eigenvalue weighted by Crippen LogP contribution is 2.25. The first-order chi connectivity index (χ1) is 12.8. The third kappa shape index (κ3) is 3.93. The molecule has 140 valence electrons. The highest BCUT2D eigenvalue weighted by molar-refractivity contribution is 6.33. The fourth-order valence-electron chi connectivity index (χ4n) is 2.30. The van der Waals surface area contributed by atoms with E-state index in [9.17, 15) is 9.59 Å². The van der Waals surface area contributed by atoms with E-state index in [0.29, 0.717) is 22.5 Å². The van der Waals surface area contributed by atoms with Gasteiger partial charge < -0.3 is 15.8 Å². The molecule has 3 rings (SSSR count). The van der Waals surface area contributed by atoms with Crippen molar-refractivity contribution in [2.75, 3.05) is 5.32 Å². The molecular weight excluding hydrogens is 395 g/mol. The number of aryl methyl sites for hydroxylation is 1. The van der Waals surface area contributed by atoms with Crippen LogP contribution in [0.1, 0.15) is 6.92 Å². The molecule has 1 atom stereocenters. The Morgan fingerprint density at radius 2 is 2.04 bits per heavy atom. The first kappa shape index (κ1) is 18.9. The Labute approximate surface area is 163 Å². The SMILES string of the molecule is CC(Oc1cc2cc(Nc3nc(Cl)ncc3Cl)cnc2n(C)c1=O)C(N)=O. The van der Waals surface area contributed by atoms with Gasteiger partial charge in [-0.3, -0.25) is 14.2 Å². The van der Waals surface area contributed by atoms with Crippen LogP contribution in [0, 0.1) is 0 Å². The second-order valence-corrected chi connectivity index (χ2v) is 6.38. The number of ether oxygens (including phenoxy) is 1. The van der Waals surface area contributed by atoms with Gasteiger partial charge in [0.25, 0.3) is 11.5 Å². The molecular formula is C16H14Cl2N6O3. The predicted octanol–water partition coefficient (Wildman–Crippen LogP) is 2.03. The predicted molar refractivity (Wildman–Crippen MR) is 102 cm³/mol. The summed E-state index contributed by atoms with van der Waals surface area (Å²) in [6.45, 7) is 1.46. The summed E-state index contributed by atoms with van der Waals surface area (Å²) in [7, 11) is 1.55. The zero-order valence-electron chi connectivity index (χ0n) is 14.2. The van der Waals surface area contributed by atoms with Crippen LogP contribution in [0.25, 0.3) is 11.0 Å². The van der Waals surface area contributed by atoms with E-state index >= 15 is 0 Å². The van der Waals surface area contributed by atoms with Crippen molar-refractivity contribution < 1.29 is 9.53 Å². The molecule has 9 nitrogen and oxygen atoms in total. The van der Waals surface area contributed by atoms with Gasteiger partial charge in [0, 0.05) is 12.4 Å². The number of nitrogens with one attached hydrogen (secondary N) is 1. The maximum absolute atomic E-state index is 12.4. The molecule has 0 aliphatic carbocycles. The van der Waals surface area contributed by atoms with E-state index in [1.165, 1.54) is 30.0 Å². The normalized spacial score (nSPS) is 12.0. The van der Waals surface area contributed by atoms with Crippen LogP contribution in [-0.4, -0.2) is 31.5 Å². The van der Waals surface area contributed by atoms with E-state index in [0.717, 1.165) is 0 Å². The molecule has 3 aromatic rings. The van der Waals surface area contributed by atoms with Crippen molar-refractivity contribution in [3.8, 4) is 5.75 Å². The molecule has 0 aliphatic rings. The summed E-state index contributed by atoms with van der Waals surface area (Å²) in [5.74, 6) is -0.388. The molecule has 11 heteroatoms. The summed E-state index contributed by atoms with van der Waals surface area (Å²) in [6.07, 6.45) is 1.93. The molecule has 0 spiro atoms. The van der Waals surface area contributed by atoms with E-state index in [1.54, 1.807) is 13.1 Å².